The van der Waals surface area contributed by atoms with E-state index in [1.165, 1.54) is 18.2 Å². The fraction of sp³-hybridized carbons (Fsp3) is 0.0769. The molecule has 0 saturated carbocycles. The third-order valence-corrected chi connectivity index (χ3v) is 5.00. The van der Waals surface area contributed by atoms with Crippen LogP contribution < -0.4 is 5.56 Å². The van der Waals surface area contributed by atoms with Crippen molar-refractivity contribution in [3.05, 3.63) is 51.8 Å². The molecule has 0 amide bonds. The van der Waals surface area contributed by atoms with Gasteiger partial charge in [0.05, 0.1) is 0 Å². The average Bonchev–Trinajstić information content (AvgIpc) is 2.81. The molecule has 2 aromatic heterocycles. The van der Waals surface area contributed by atoms with E-state index in [2.05, 4.69) is 9.97 Å². The summed E-state index contributed by atoms with van der Waals surface area (Å²) in [6, 6.07) is 4.76. The molecule has 0 bridgehead atoms. The van der Waals surface area contributed by atoms with Gasteiger partial charge in [0.25, 0.3) is 5.56 Å². The first kappa shape index (κ1) is 14.0. The molecule has 0 fully saturated rings. The second kappa shape index (κ2) is 5.45. The molecule has 0 unspecified atom stereocenters. The van der Waals surface area contributed by atoms with E-state index in [0.717, 1.165) is 29.2 Å². The molecular formula is C13H8F2N2O2S2. The van der Waals surface area contributed by atoms with Gasteiger partial charge in [-0.3, -0.25) is 4.79 Å². The van der Waals surface area contributed by atoms with Gasteiger partial charge in [0, 0.05) is 17.4 Å². The van der Waals surface area contributed by atoms with Gasteiger partial charge in [-0.15, -0.1) is 11.3 Å². The number of rotatable bonds is 3. The standard InChI is InChI=1S/C13H8F2N2O2S2/c14-7-2-1-3-8(15)6(7)5-20-13-17-12-11(21-13)9(18)4-10(19)16-12/h1-4H,5H2,(H2,16,18,19). The third kappa shape index (κ3) is 2.77. The number of nitrogens with one attached hydrogen (secondary N) is 1. The van der Waals surface area contributed by atoms with Gasteiger partial charge in [-0.1, -0.05) is 17.8 Å². The summed E-state index contributed by atoms with van der Waals surface area (Å²) in [6.45, 7) is 0. The number of H-pyrrole nitrogens is 1. The first-order valence-corrected chi connectivity index (χ1v) is 7.63. The Morgan fingerprint density at radius 2 is 2.05 bits per heavy atom. The van der Waals surface area contributed by atoms with Crippen LogP contribution in [0.15, 0.2) is 33.4 Å². The second-order valence-electron chi connectivity index (χ2n) is 4.17. The van der Waals surface area contributed by atoms with Gasteiger partial charge >= 0.3 is 0 Å². The molecule has 3 aromatic rings. The molecule has 2 N–H and O–H groups in total. The number of halogens is 2. The van der Waals surface area contributed by atoms with Crippen LogP contribution in [0.1, 0.15) is 5.56 Å². The van der Waals surface area contributed by atoms with Crippen molar-refractivity contribution in [1.29, 1.82) is 0 Å². The SMILES string of the molecule is O=c1cc(O)c2sc(SCc3c(F)cccc3F)nc2[nH]1. The number of aromatic nitrogens is 2. The van der Waals surface area contributed by atoms with Gasteiger partial charge in [-0.25, -0.2) is 13.8 Å². The highest BCUT2D eigenvalue weighted by molar-refractivity contribution is 8.00. The number of fused-ring (bicyclic) bond motifs is 1. The van der Waals surface area contributed by atoms with Crippen LogP contribution in [0.5, 0.6) is 5.75 Å². The van der Waals surface area contributed by atoms with Crippen LogP contribution in [0.2, 0.25) is 0 Å². The van der Waals surface area contributed by atoms with E-state index in [9.17, 15) is 18.7 Å². The molecule has 3 rings (SSSR count). The molecule has 0 atom stereocenters. The largest absolute Gasteiger partial charge is 0.506 e. The number of benzene rings is 1. The summed E-state index contributed by atoms with van der Waals surface area (Å²) >= 11 is 2.29. The zero-order valence-electron chi connectivity index (χ0n) is 10.4. The summed E-state index contributed by atoms with van der Waals surface area (Å²) in [5.74, 6) is -1.31. The smallest absolute Gasteiger partial charge is 0.253 e. The number of aromatic amines is 1. The highest BCUT2D eigenvalue weighted by Crippen LogP contribution is 2.34. The van der Waals surface area contributed by atoms with Gasteiger partial charge in [-0.05, 0) is 12.1 Å². The third-order valence-electron chi connectivity index (χ3n) is 2.75. The molecule has 0 aliphatic heterocycles. The van der Waals surface area contributed by atoms with Crippen LogP contribution in [0.3, 0.4) is 0 Å². The van der Waals surface area contributed by atoms with Crippen molar-refractivity contribution < 1.29 is 13.9 Å². The Labute approximate surface area is 125 Å². The lowest BCUT2D eigenvalue weighted by molar-refractivity contribution is 0.481. The van der Waals surface area contributed by atoms with Crippen molar-refractivity contribution in [2.75, 3.05) is 0 Å². The normalized spacial score (nSPS) is 11.1. The Hall–Kier alpha value is -1.93. The monoisotopic (exact) mass is 326 g/mol. The first-order valence-electron chi connectivity index (χ1n) is 5.83. The highest BCUT2D eigenvalue weighted by Gasteiger charge is 2.13. The van der Waals surface area contributed by atoms with Crippen molar-refractivity contribution in [2.24, 2.45) is 0 Å². The van der Waals surface area contributed by atoms with Gasteiger partial charge in [0.2, 0.25) is 0 Å². The summed E-state index contributed by atoms with van der Waals surface area (Å²) < 4.78 is 28.0. The summed E-state index contributed by atoms with van der Waals surface area (Å²) in [4.78, 5) is 17.8. The molecule has 21 heavy (non-hydrogen) atoms. The minimum atomic E-state index is -0.611. The predicted molar refractivity (Wildman–Crippen MR) is 77.8 cm³/mol. The summed E-state index contributed by atoms with van der Waals surface area (Å²) in [6.07, 6.45) is 0. The van der Waals surface area contributed by atoms with Gasteiger partial charge in [0.15, 0.2) is 9.99 Å². The van der Waals surface area contributed by atoms with E-state index in [1.807, 2.05) is 0 Å². The minimum Gasteiger partial charge on any atom is -0.506 e. The van der Waals surface area contributed by atoms with E-state index >= 15 is 0 Å². The lowest BCUT2D eigenvalue weighted by Gasteiger charge is -2.02. The van der Waals surface area contributed by atoms with Crippen molar-refractivity contribution in [2.45, 2.75) is 10.1 Å². The maximum absolute atomic E-state index is 13.5. The van der Waals surface area contributed by atoms with Gasteiger partial charge < -0.3 is 10.1 Å². The topological polar surface area (TPSA) is 66.0 Å². The van der Waals surface area contributed by atoms with Gasteiger partial charge in [-0.2, -0.15) is 0 Å². The fourth-order valence-corrected chi connectivity index (χ4v) is 3.80. The summed E-state index contributed by atoms with van der Waals surface area (Å²) in [5, 5.41) is 9.66. The number of thiazole rings is 1. The number of pyridine rings is 1. The number of nitrogens with zero attached hydrogens (tertiary/aromatic N) is 1. The van der Waals surface area contributed by atoms with Crippen LogP contribution in [0.4, 0.5) is 8.78 Å². The number of thioether (sulfide) groups is 1. The Kier molecular flexibility index (Phi) is 3.64. The van der Waals surface area contributed by atoms with Crippen molar-refractivity contribution in [1.82, 2.24) is 9.97 Å². The molecule has 4 nitrogen and oxygen atoms in total. The average molecular weight is 326 g/mol. The van der Waals surface area contributed by atoms with Crippen LogP contribution in [0, 0.1) is 11.6 Å². The molecule has 108 valence electrons. The molecule has 1 aromatic carbocycles. The molecule has 0 radical (unpaired) electrons. The summed E-state index contributed by atoms with van der Waals surface area (Å²) in [7, 11) is 0. The Morgan fingerprint density at radius 1 is 1.33 bits per heavy atom. The molecule has 0 aliphatic carbocycles. The van der Waals surface area contributed by atoms with E-state index in [1.54, 1.807) is 0 Å². The maximum atomic E-state index is 13.5. The van der Waals surface area contributed by atoms with Crippen LogP contribution in [-0.4, -0.2) is 15.1 Å². The number of aromatic hydroxyl groups is 1. The van der Waals surface area contributed by atoms with Crippen LogP contribution >= 0.6 is 23.1 Å². The summed E-state index contributed by atoms with van der Waals surface area (Å²) in [5.41, 5.74) is -0.219. The Balaban J connectivity index is 1.89. The van der Waals surface area contributed by atoms with Crippen molar-refractivity contribution in [3.63, 3.8) is 0 Å². The molecule has 0 spiro atoms. The lowest BCUT2D eigenvalue weighted by atomic mass is 10.2. The number of hydrogen-bond acceptors (Lipinski definition) is 5. The van der Waals surface area contributed by atoms with E-state index < -0.39 is 17.2 Å². The molecule has 8 heteroatoms. The fourth-order valence-electron chi connectivity index (χ4n) is 1.77. The van der Waals surface area contributed by atoms with E-state index in [-0.39, 0.29) is 22.7 Å². The quantitative estimate of drug-likeness (QED) is 0.725. The lowest BCUT2D eigenvalue weighted by Crippen LogP contribution is -2.02. The Morgan fingerprint density at radius 3 is 2.76 bits per heavy atom. The van der Waals surface area contributed by atoms with Crippen LogP contribution in [0.25, 0.3) is 10.3 Å². The minimum absolute atomic E-state index is 0.0283. The van der Waals surface area contributed by atoms with E-state index in [4.69, 9.17) is 0 Å². The Bertz CT molecular complexity index is 856. The first-order chi connectivity index (χ1) is 10.0. The maximum Gasteiger partial charge on any atom is 0.253 e. The van der Waals surface area contributed by atoms with Crippen molar-refractivity contribution in [3.8, 4) is 5.75 Å². The zero-order valence-corrected chi connectivity index (χ0v) is 12.0. The molecule has 2 heterocycles. The number of hydrogen-bond donors (Lipinski definition) is 2. The van der Waals surface area contributed by atoms with E-state index in [0.29, 0.717) is 9.04 Å². The molecule has 0 saturated heterocycles. The van der Waals surface area contributed by atoms with Crippen LogP contribution in [-0.2, 0) is 5.75 Å². The second-order valence-corrected chi connectivity index (χ2v) is 6.39. The van der Waals surface area contributed by atoms with Gasteiger partial charge in [0.1, 0.15) is 22.1 Å². The zero-order chi connectivity index (χ0) is 15.0. The molecular weight excluding hydrogens is 318 g/mol. The predicted octanol–water partition coefficient (Wildman–Crippen LogP) is 3.26. The molecule has 0 aliphatic rings. The highest BCUT2D eigenvalue weighted by atomic mass is 32.2. The van der Waals surface area contributed by atoms with Crippen molar-refractivity contribution >= 4 is 33.4 Å².